The molecule has 72 valence electrons. The topological polar surface area (TPSA) is 12.0 Å². The number of rotatable bonds is 4. The van der Waals surface area contributed by atoms with E-state index in [1.807, 2.05) is 11.8 Å². The van der Waals surface area contributed by atoms with Gasteiger partial charge in [-0.05, 0) is 25.0 Å². The Bertz CT molecular complexity index is 116. The van der Waals surface area contributed by atoms with Gasteiger partial charge in [0.1, 0.15) is 0 Å². The molecule has 0 saturated heterocycles. The Labute approximate surface area is 80.7 Å². The summed E-state index contributed by atoms with van der Waals surface area (Å²) in [4.78, 5) is 0. The molecule has 0 aromatic heterocycles. The van der Waals surface area contributed by atoms with Crippen LogP contribution in [0.1, 0.15) is 32.6 Å². The van der Waals surface area contributed by atoms with Crippen LogP contribution in [0.4, 0.5) is 0 Å². The SMILES string of the molecule is CSCCNC1CCCCC1C. The molecule has 1 saturated carbocycles. The molecule has 2 unspecified atom stereocenters. The van der Waals surface area contributed by atoms with Gasteiger partial charge in [0.15, 0.2) is 0 Å². The van der Waals surface area contributed by atoms with Crippen molar-refractivity contribution in [1.82, 2.24) is 5.32 Å². The molecule has 1 N–H and O–H groups in total. The summed E-state index contributed by atoms with van der Waals surface area (Å²) in [6.07, 6.45) is 7.88. The highest BCUT2D eigenvalue weighted by atomic mass is 32.2. The van der Waals surface area contributed by atoms with E-state index in [1.54, 1.807) is 0 Å². The third-order valence-corrected chi connectivity index (χ3v) is 3.44. The zero-order valence-electron chi connectivity index (χ0n) is 8.31. The molecule has 12 heavy (non-hydrogen) atoms. The summed E-state index contributed by atoms with van der Waals surface area (Å²) in [5.41, 5.74) is 0. The standard InChI is InChI=1S/C10H21NS/c1-9-5-3-4-6-10(9)11-7-8-12-2/h9-11H,3-8H2,1-2H3. The van der Waals surface area contributed by atoms with Crippen LogP contribution >= 0.6 is 11.8 Å². The van der Waals surface area contributed by atoms with Gasteiger partial charge in [-0.25, -0.2) is 0 Å². The smallest absolute Gasteiger partial charge is 0.00930 e. The molecule has 0 aliphatic heterocycles. The second-order valence-corrected chi connectivity index (χ2v) is 4.80. The summed E-state index contributed by atoms with van der Waals surface area (Å²) in [5.74, 6) is 2.16. The maximum absolute atomic E-state index is 3.65. The van der Waals surface area contributed by atoms with E-state index in [-0.39, 0.29) is 0 Å². The van der Waals surface area contributed by atoms with Gasteiger partial charge in [0.05, 0.1) is 0 Å². The van der Waals surface area contributed by atoms with E-state index in [4.69, 9.17) is 0 Å². The van der Waals surface area contributed by atoms with Gasteiger partial charge in [-0.2, -0.15) is 11.8 Å². The quantitative estimate of drug-likeness (QED) is 0.679. The van der Waals surface area contributed by atoms with Gasteiger partial charge in [-0.15, -0.1) is 0 Å². The third-order valence-electron chi connectivity index (χ3n) is 2.82. The minimum atomic E-state index is 0.811. The molecule has 1 nitrogen and oxygen atoms in total. The first kappa shape index (κ1) is 10.4. The lowest BCUT2D eigenvalue weighted by molar-refractivity contribution is 0.285. The Hall–Kier alpha value is 0.310. The molecule has 0 spiro atoms. The molecule has 1 aliphatic rings. The van der Waals surface area contributed by atoms with E-state index in [1.165, 1.54) is 38.0 Å². The number of hydrogen-bond acceptors (Lipinski definition) is 2. The van der Waals surface area contributed by atoms with Crippen molar-refractivity contribution in [2.24, 2.45) is 5.92 Å². The zero-order chi connectivity index (χ0) is 8.81. The minimum absolute atomic E-state index is 0.811. The van der Waals surface area contributed by atoms with Crippen molar-refractivity contribution in [2.75, 3.05) is 18.6 Å². The molecule has 0 bridgehead atoms. The van der Waals surface area contributed by atoms with E-state index >= 15 is 0 Å². The fraction of sp³-hybridized carbons (Fsp3) is 1.00. The summed E-state index contributed by atoms with van der Waals surface area (Å²) < 4.78 is 0. The van der Waals surface area contributed by atoms with Gasteiger partial charge in [-0.3, -0.25) is 0 Å². The maximum atomic E-state index is 3.65. The fourth-order valence-corrected chi connectivity index (χ4v) is 2.29. The number of hydrogen-bond donors (Lipinski definition) is 1. The first-order valence-corrected chi connectivity index (χ1v) is 6.46. The van der Waals surface area contributed by atoms with Gasteiger partial charge < -0.3 is 5.32 Å². The first-order valence-electron chi connectivity index (χ1n) is 5.07. The maximum Gasteiger partial charge on any atom is 0.00930 e. The van der Waals surface area contributed by atoms with Crippen molar-refractivity contribution in [3.63, 3.8) is 0 Å². The van der Waals surface area contributed by atoms with Crippen LogP contribution in [0, 0.1) is 5.92 Å². The lowest BCUT2D eigenvalue weighted by Gasteiger charge is -2.29. The molecule has 1 aliphatic carbocycles. The molecule has 1 rings (SSSR count). The lowest BCUT2D eigenvalue weighted by atomic mass is 9.86. The zero-order valence-corrected chi connectivity index (χ0v) is 9.12. The van der Waals surface area contributed by atoms with Gasteiger partial charge in [0, 0.05) is 18.3 Å². The van der Waals surface area contributed by atoms with Gasteiger partial charge in [0.2, 0.25) is 0 Å². The van der Waals surface area contributed by atoms with Crippen molar-refractivity contribution >= 4 is 11.8 Å². The molecule has 0 aromatic rings. The Kier molecular flexibility index (Phi) is 5.08. The van der Waals surface area contributed by atoms with Crippen molar-refractivity contribution in [1.29, 1.82) is 0 Å². The normalized spacial score (nSPS) is 30.5. The monoisotopic (exact) mass is 187 g/mol. The number of nitrogens with one attached hydrogen (secondary N) is 1. The molecule has 0 amide bonds. The highest BCUT2D eigenvalue weighted by Crippen LogP contribution is 2.23. The van der Waals surface area contributed by atoms with Crippen LogP contribution < -0.4 is 5.32 Å². The molecule has 0 radical (unpaired) electrons. The Morgan fingerprint density at radius 3 is 2.75 bits per heavy atom. The highest BCUT2D eigenvalue weighted by Gasteiger charge is 2.19. The van der Waals surface area contributed by atoms with Crippen LogP contribution in [-0.4, -0.2) is 24.6 Å². The van der Waals surface area contributed by atoms with Crippen LogP contribution in [-0.2, 0) is 0 Å². The second-order valence-electron chi connectivity index (χ2n) is 3.82. The molecular weight excluding hydrogens is 166 g/mol. The summed E-state index contributed by atoms with van der Waals surface area (Å²) in [7, 11) is 0. The molecular formula is C10H21NS. The summed E-state index contributed by atoms with van der Waals surface area (Å²) in [6.45, 7) is 3.58. The van der Waals surface area contributed by atoms with Gasteiger partial charge >= 0.3 is 0 Å². The minimum Gasteiger partial charge on any atom is -0.313 e. The summed E-state index contributed by atoms with van der Waals surface area (Å²) in [6, 6.07) is 0.811. The fourth-order valence-electron chi connectivity index (χ4n) is 1.97. The van der Waals surface area contributed by atoms with E-state index in [2.05, 4.69) is 18.5 Å². The van der Waals surface area contributed by atoms with E-state index in [0.717, 1.165) is 12.0 Å². The average Bonchev–Trinajstić information content (AvgIpc) is 2.09. The highest BCUT2D eigenvalue weighted by molar-refractivity contribution is 7.98. The molecule has 1 fully saturated rings. The van der Waals surface area contributed by atoms with Crippen molar-refractivity contribution in [3.05, 3.63) is 0 Å². The van der Waals surface area contributed by atoms with Crippen LogP contribution in [0.2, 0.25) is 0 Å². The van der Waals surface area contributed by atoms with Crippen LogP contribution in [0.25, 0.3) is 0 Å². The van der Waals surface area contributed by atoms with Crippen LogP contribution in [0.15, 0.2) is 0 Å². The van der Waals surface area contributed by atoms with E-state index in [9.17, 15) is 0 Å². The summed E-state index contributed by atoms with van der Waals surface area (Å²) >= 11 is 1.93. The average molecular weight is 187 g/mol. The third kappa shape index (κ3) is 3.36. The Morgan fingerprint density at radius 2 is 2.08 bits per heavy atom. The second kappa shape index (κ2) is 5.87. The molecule has 0 aromatic carbocycles. The molecule has 0 heterocycles. The largest absolute Gasteiger partial charge is 0.313 e. The van der Waals surface area contributed by atoms with Gasteiger partial charge in [-0.1, -0.05) is 19.8 Å². The number of thioether (sulfide) groups is 1. The van der Waals surface area contributed by atoms with Crippen molar-refractivity contribution < 1.29 is 0 Å². The van der Waals surface area contributed by atoms with Crippen molar-refractivity contribution in [3.8, 4) is 0 Å². The van der Waals surface area contributed by atoms with E-state index < -0.39 is 0 Å². The summed E-state index contributed by atoms with van der Waals surface area (Å²) in [5, 5.41) is 3.65. The predicted octanol–water partition coefficient (Wildman–Crippen LogP) is 2.52. The van der Waals surface area contributed by atoms with Crippen molar-refractivity contribution in [2.45, 2.75) is 38.6 Å². The van der Waals surface area contributed by atoms with Crippen LogP contribution in [0.5, 0.6) is 0 Å². The Balaban J connectivity index is 2.11. The predicted molar refractivity (Wildman–Crippen MR) is 57.8 cm³/mol. The Morgan fingerprint density at radius 1 is 1.33 bits per heavy atom. The first-order chi connectivity index (χ1) is 5.84. The van der Waals surface area contributed by atoms with Crippen LogP contribution in [0.3, 0.4) is 0 Å². The lowest BCUT2D eigenvalue weighted by Crippen LogP contribution is -2.38. The van der Waals surface area contributed by atoms with Gasteiger partial charge in [0.25, 0.3) is 0 Å². The van der Waals surface area contributed by atoms with E-state index in [0.29, 0.717) is 0 Å². The molecule has 2 heteroatoms. The molecule has 2 atom stereocenters.